The standard InChI is InChI=1S/C49H48N8O8.Mg/c1-46(2)58-24-12-11-16(32(24)59-46)19-15-25-50-39(19)52-41-26-17-9-10-18(34-33(17)60-47(3,4)61-34)27(26)42(54-41)55-44-30-22-14-23(38-37(22)64-49(7,8)65-38)31(30)45(57-44)56-43-29-21-13-20(28(29)40(51-25)53-43)35-36(21)63-48(5,6)62-35;/h9-12,15-18,20-24,32-38H,13-14H2,1-8H3;/q-2;+2/p+2. The second-order valence-corrected chi connectivity index (χ2v) is 22.2. The Morgan fingerprint density at radius 1 is 0.455 bits per heavy atom. The van der Waals surface area contributed by atoms with Gasteiger partial charge in [0, 0.05) is 86.6 Å². The Labute approximate surface area is 395 Å². The predicted molar refractivity (Wildman–Crippen MR) is 232 cm³/mol. The molecule has 66 heavy (non-hydrogen) atoms. The number of hydrogen-bond acceptors (Lipinski definition) is 12. The van der Waals surface area contributed by atoms with Crippen LogP contribution in [0.2, 0.25) is 0 Å². The van der Waals surface area contributed by atoms with E-state index in [-0.39, 0.29) is 113 Å². The zero-order chi connectivity index (χ0) is 43.6. The van der Waals surface area contributed by atoms with Gasteiger partial charge in [0.05, 0.1) is 36.6 Å². The van der Waals surface area contributed by atoms with Crippen LogP contribution in [0.25, 0.3) is 45.4 Å². The van der Waals surface area contributed by atoms with Crippen LogP contribution in [0.15, 0.2) is 24.3 Å². The van der Waals surface area contributed by atoms with Crippen molar-refractivity contribution in [1.29, 1.82) is 0 Å². The third-order valence-electron chi connectivity index (χ3n) is 16.6. The van der Waals surface area contributed by atoms with E-state index in [4.69, 9.17) is 67.8 Å². The van der Waals surface area contributed by atoms with Crippen LogP contribution in [0.4, 0.5) is 0 Å². The fraction of sp³-hybridized carbons (Fsp3) is 0.592. The van der Waals surface area contributed by atoms with Crippen molar-refractivity contribution in [2.75, 3.05) is 0 Å². The molecular weight excluding hydrogens is 853 g/mol. The summed E-state index contributed by atoms with van der Waals surface area (Å²) < 4.78 is 52.8. The van der Waals surface area contributed by atoms with Crippen molar-refractivity contribution in [1.82, 2.24) is 29.9 Å². The Morgan fingerprint density at radius 2 is 0.879 bits per heavy atom. The number of fused-ring (bicyclic) bond motifs is 28. The van der Waals surface area contributed by atoms with Crippen LogP contribution in [0.3, 0.4) is 0 Å². The fourth-order valence-corrected chi connectivity index (χ4v) is 14.7. The maximum absolute atomic E-state index is 6.67. The number of nitrogens with zero attached hydrogens (tertiary/aromatic N) is 6. The first-order chi connectivity index (χ1) is 31.0. The van der Waals surface area contributed by atoms with Crippen LogP contribution in [0.1, 0.15) is 137 Å². The fourth-order valence-electron chi connectivity index (χ4n) is 14.7. The van der Waals surface area contributed by atoms with Gasteiger partial charge in [0.25, 0.3) is 17.5 Å². The Kier molecular flexibility index (Phi) is 7.62. The van der Waals surface area contributed by atoms with Gasteiger partial charge >= 0.3 is 23.1 Å². The van der Waals surface area contributed by atoms with E-state index >= 15 is 0 Å². The average Bonchev–Trinajstić information content (AvgIpc) is 4.05. The first-order valence-electron chi connectivity index (χ1n) is 23.6. The number of H-pyrrole nitrogens is 2. The molecule has 0 spiro atoms. The molecule has 15 unspecified atom stereocenters. The van der Waals surface area contributed by atoms with Gasteiger partial charge < -0.3 is 47.9 Å². The summed E-state index contributed by atoms with van der Waals surface area (Å²) in [5.74, 6) is -0.301. The summed E-state index contributed by atoms with van der Waals surface area (Å²) in [5.41, 5.74) is 9.90. The van der Waals surface area contributed by atoms with Crippen LogP contribution < -0.4 is 19.9 Å². The molecule has 0 radical (unpaired) electrons. The summed E-state index contributed by atoms with van der Waals surface area (Å²) in [6.45, 7) is 15.9. The van der Waals surface area contributed by atoms with Gasteiger partial charge in [0.2, 0.25) is 0 Å². The monoisotopic (exact) mass is 902 g/mol. The van der Waals surface area contributed by atoms with E-state index in [0.717, 1.165) is 63.5 Å². The maximum Gasteiger partial charge on any atom is 2.00 e. The summed E-state index contributed by atoms with van der Waals surface area (Å²) in [5, 5.41) is 0. The minimum absolute atomic E-state index is 0. The number of aromatic amines is 2. The van der Waals surface area contributed by atoms with Gasteiger partial charge in [-0.3, -0.25) is 9.97 Å². The van der Waals surface area contributed by atoms with Crippen LogP contribution >= 0.6 is 0 Å². The van der Waals surface area contributed by atoms with E-state index in [1.165, 1.54) is 0 Å². The quantitative estimate of drug-likeness (QED) is 0.249. The summed E-state index contributed by atoms with van der Waals surface area (Å²) in [6, 6.07) is 0. The molecule has 8 aliphatic carbocycles. The molecule has 16 nitrogen and oxygen atoms in total. The van der Waals surface area contributed by atoms with E-state index in [0.29, 0.717) is 34.2 Å². The Bertz CT molecular complexity index is 3080. The first-order valence-corrected chi connectivity index (χ1v) is 23.6. The van der Waals surface area contributed by atoms with Crippen molar-refractivity contribution in [3.8, 4) is 0 Å². The molecule has 2 N–H and O–H groups in total. The maximum atomic E-state index is 6.67. The van der Waals surface area contributed by atoms with E-state index in [9.17, 15) is 0 Å². The largest absolute Gasteiger partial charge is 2.00 e. The second kappa shape index (κ2) is 12.5. The van der Waals surface area contributed by atoms with Crippen LogP contribution in [0, 0.1) is 17.8 Å². The molecule has 6 fully saturated rings. The minimum atomic E-state index is -0.743. The Balaban J connectivity index is 0.00000400. The molecule has 0 aromatic carbocycles. The van der Waals surface area contributed by atoms with Crippen molar-refractivity contribution in [2.24, 2.45) is 17.8 Å². The van der Waals surface area contributed by atoms with Gasteiger partial charge in [-0.1, -0.05) is 29.3 Å². The molecule has 4 saturated heterocycles. The summed E-state index contributed by atoms with van der Waals surface area (Å²) >= 11 is 0. The van der Waals surface area contributed by atoms with E-state index in [2.05, 4.69) is 40.3 Å². The number of ether oxygens (including phenoxy) is 8. The van der Waals surface area contributed by atoms with Gasteiger partial charge in [-0.15, -0.1) is 9.97 Å². The smallest absolute Gasteiger partial charge is 0.344 e. The number of hydrogen-bond donors (Lipinski definition) is 0. The van der Waals surface area contributed by atoms with Crippen molar-refractivity contribution >= 4 is 68.4 Å². The molecule has 3 aromatic rings. The number of nitrogens with one attached hydrogen (secondary N) is 2. The van der Waals surface area contributed by atoms with Crippen LogP contribution in [-0.4, -0.2) is 115 Å². The van der Waals surface area contributed by atoms with Gasteiger partial charge in [0.15, 0.2) is 40.1 Å². The zero-order valence-corrected chi connectivity index (χ0v) is 39.5. The van der Waals surface area contributed by atoms with Crippen molar-refractivity contribution < 1.29 is 47.9 Å². The topological polar surface area (TPSA) is 182 Å². The average molecular weight is 903 g/mol. The SMILES string of the molecule is CC1(C)OC2C=CC(C3=Cc4nc5[n-]c(nc6[nH+]c(nc7[n-]c(nc3[nH+]4)c3c7C4C=CC3C3OC(C)(C)OC43)C3=C6C4CC3C3OC(C)(C)OC43)c3c5C4CC3C3OC(C)(C)OC43)C2O1.[Mg+2]. The van der Waals surface area contributed by atoms with E-state index in [1.54, 1.807) is 0 Å². The minimum Gasteiger partial charge on any atom is -0.344 e. The summed E-state index contributed by atoms with van der Waals surface area (Å²) in [4.78, 5) is 40.2. The second-order valence-electron chi connectivity index (χ2n) is 22.2. The van der Waals surface area contributed by atoms with Gasteiger partial charge in [0.1, 0.15) is 18.0 Å². The predicted octanol–water partition coefficient (Wildman–Crippen LogP) is 4.31. The van der Waals surface area contributed by atoms with E-state index < -0.39 is 23.1 Å². The zero-order valence-electron chi connectivity index (χ0n) is 38.1. The third kappa shape index (κ3) is 5.17. The van der Waals surface area contributed by atoms with Gasteiger partial charge in [-0.05, 0) is 73.8 Å². The van der Waals surface area contributed by atoms with Crippen molar-refractivity contribution in [2.45, 2.75) is 164 Å². The van der Waals surface area contributed by atoms with Crippen LogP contribution in [-0.2, 0) is 37.9 Å². The molecule has 14 aliphatic rings. The molecule has 3 aromatic heterocycles. The van der Waals surface area contributed by atoms with Crippen molar-refractivity contribution in [3.63, 3.8) is 0 Å². The molecule has 334 valence electrons. The number of aromatic nitrogens is 8. The Hall–Kier alpha value is -3.75. The summed E-state index contributed by atoms with van der Waals surface area (Å²) in [7, 11) is 0. The molecule has 14 bridgehead atoms. The molecule has 15 atom stereocenters. The third-order valence-corrected chi connectivity index (χ3v) is 16.6. The molecule has 0 amide bonds. The molecular formula is C49H50MgN8O8+2. The van der Waals surface area contributed by atoms with Crippen molar-refractivity contribution in [3.05, 3.63) is 69.9 Å². The summed E-state index contributed by atoms with van der Waals surface area (Å²) in [6.07, 6.45) is 11.4. The van der Waals surface area contributed by atoms with Crippen LogP contribution in [0.5, 0.6) is 0 Å². The van der Waals surface area contributed by atoms with Gasteiger partial charge in [-0.2, -0.15) is 0 Å². The normalized spacial score (nSPS) is 41.5. The first kappa shape index (κ1) is 40.2. The molecule has 6 aliphatic heterocycles. The molecule has 17 rings (SSSR count). The molecule has 17 heteroatoms. The molecule has 2 saturated carbocycles. The number of rotatable bonds is 1. The van der Waals surface area contributed by atoms with E-state index in [1.807, 2.05) is 55.4 Å². The molecule has 9 heterocycles. The van der Waals surface area contributed by atoms with Gasteiger partial charge in [-0.25, -0.2) is 4.98 Å². The Morgan fingerprint density at radius 3 is 1.44 bits per heavy atom.